The summed E-state index contributed by atoms with van der Waals surface area (Å²) in [6.07, 6.45) is 5.80. The second kappa shape index (κ2) is 8.87. The Labute approximate surface area is 161 Å². The highest BCUT2D eigenvalue weighted by molar-refractivity contribution is 7.13. The van der Waals surface area contributed by atoms with Crippen LogP contribution >= 0.6 is 11.3 Å². The van der Waals surface area contributed by atoms with Crippen LogP contribution in [0.15, 0.2) is 72.1 Å². The Kier molecular flexibility index (Phi) is 6.07. The van der Waals surface area contributed by atoms with E-state index in [2.05, 4.69) is 4.98 Å². The molecule has 4 nitrogen and oxygen atoms in total. The van der Waals surface area contributed by atoms with Crippen molar-refractivity contribution in [3.8, 4) is 16.3 Å². The van der Waals surface area contributed by atoms with Crippen molar-refractivity contribution in [3.05, 3.63) is 83.4 Å². The average Bonchev–Trinajstić information content (AvgIpc) is 3.16. The van der Waals surface area contributed by atoms with E-state index in [1.807, 2.05) is 35.7 Å². The van der Waals surface area contributed by atoms with E-state index in [0.717, 1.165) is 16.1 Å². The number of aromatic hydroxyl groups is 1. The normalized spacial score (nSPS) is 11.3. The van der Waals surface area contributed by atoms with Gasteiger partial charge in [-0.15, -0.1) is 11.3 Å². The summed E-state index contributed by atoms with van der Waals surface area (Å²) in [5, 5.41) is 12.0. The van der Waals surface area contributed by atoms with Crippen molar-refractivity contribution < 1.29 is 14.7 Å². The fourth-order valence-corrected chi connectivity index (χ4v) is 3.11. The Balaban J connectivity index is 1.55. The largest absolute Gasteiger partial charge is 0.508 e. The van der Waals surface area contributed by atoms with Gasteiger partial charge in [-0.05, 0) is 35.9 Å². The van der Waals surface area contributed by atoms with Crippen molar-refractivity contribution in [1.29, 1.82) is 0 Å². The summed E-state index contributed by atoms with van der Waals surface area (Å²) in [5.41, 5.74) is 2.50. The van der Waals surface area contributed by atoms with Gasteiger partial charge in [0.2, 0.25) is 0 Å². The first-order chi connectivity index (χ1) is 13.1. The number of carbonyl (C=O) groups is 2. The lowest BCUT2D eigenvalue weighted by Gasteiger charge is -1.94. The molecule has 3 rings (SSSR count). The molecule has 2 aromatic carbocycles. The summed E-state index contributed by atoms with van der Waals surface area (Å²) < 4.78 is 0. The number of thiazole rings is 1. The number of benzene rings is 2. The third-order valence-electron chi connectivity index (χ3n) is 3.69. The van der Waals surface area contributed by atoms with E-state index in [9.17, 15) is 14.7 Å². The van der Waals surface area contributed by atoms with Crippen LogP contribution in [0, 0.1) is 0 Å². The zero-order chi connectivity index (χ0) is 19.1. The lowest BCUT2D eigenvalue weighted by atomic mass is 10.1. The molecule has 0 aliphatic heterocycles. The number of carbonyl (C=O) groups excluding carboxylic acids is 2. The zero-order valence-electron chi connectivity index (χ0n) is 14.4. The van der Waals surface area contributed by atoms with Crippen LogP contribution in [-0.4, -0.2) is 21.7 Å². The molecular weight excluding hydrogens is 358 g/mol. The Morgan fingerprint density at radius 2 is 1.59 bits per heavy atom. The first-order valence-corrected chi connectivity index (χ1v) is 9.20. The second-order valence-corrected chi connectivity index (χ2v) is 6.67. The molecule has 0 saturated carbocycles. The Hall–Kier alpha value is -3.31. The van der Waals surface area contributed by atoms with Gasteiger partial charge < -0.3 is 5.11 Å². The minimum Gasteiger partial charge on any atom is -0.508 e. The lowest BCUT2D eigenvalue weighted by molar-refractivity contribution is -0.121. The molecule has 0 aliphatic carbocycles. The molecule has 0 saturated heterocycles. The molecule has 3 aromatic rings. The highest BCUT2D eigenvalue weighted by atomic mass is 32.1. The third-order valence-corrected chi connectivity index (χ3v) is 4.60. The van der Waals surface area contributed by atoms with Gasteiger partial charge in [-0.1, -0.05) is 48.5 Å². The van der Waals surface area contributed by atoms with E-state index < -0.39 is 0 Å². The maximum atomic E-state index is 12.0. The van der Waals surface area contributed by atoms with Crippen molar-refractivity contribution in [3.63, 3.8) is 0 Å². The van der Waals surface area contributed by atoms with Gasteiger partial charge in [0.25, 0.3) is 0 Å². The molecule has 0 bridgehead atoms. The molecule has 0 aliphatic rings. The topological polar surface area (TPSA) is 67.3 Å². The number of rotatable bonds is 7. The zero-order valence-corrected chi connectivity index (χ0v) is 15.2. The smallest absolute Gasteiger partial charge is 0.163 e. The van der Waals surface area contributed by atoms with Crippen molar-refractivity contribution in [2.45, 2.75) is 6.42 Å². The fourth-order valence-electron chi connectivity index (χ4n) is 2.32. The first-order valence-electron chi connectivity index (χ1n) is 8.32. The number of hydrogen-bond donors (Lipinski definition) is 1. The Morgan fingerprint density at radius 3 is 2.30 bits per heavy atom. The molecule has 5 heteroatoms. The van der Waals surface area contributed by atoms with Crippen LogP contribution in [0.2, 0.25) is 0 Å². The summed E-state index contributed by atoms with van der Waals surface area (Å²) in [7, 11) is 0. The van der Waals surface area contributed by atoms with Crippen molar-refractivity contribution >= 4 is 35.1 Å². The van der Waals surface area contributed by atoms with E-state index in [-0.39, 0.29) is 23.7 Å². The maximum absolute atomic E-state index is 12.0. The second-order valence-electron chi connectivity index (χ2n) is 5.81. The summed E-state index contributed by atoms with van der Waals surface area (Å²) in [4.78, 5) is 28.3. The van der Waals surface area contributed by atoms with Crippen LogP contribution in [0.3, 0.4) is 0 Å². The van der Waals surface area contributed by atoms with Crippen molar-refractivity contribution in [2.75, 3.05) is 0 Å². The van der Waals surface area contributed by atoms with Crippen molar-refractivity contribution in [2.24, 2.45) is 0 Å². The number of allylic oxidation sites excluding steroid dienone is 2. The van der Waals surface area contributed by atoms with Gasteiger partial charge in [0, 0.05) is 10.9 Å². The van der Waals surface area contributed by atoms with E-state index in [1.54, 1.807) is 24.3 Å². The van der Waals surface area contributed by atoms with Gasteiger partial charge in [0.05, 0.1) is 12.1 Å². The van der Waals surface area contributed by atoms with Crippen LogP contribution in [0.5, 0.6) is 5.75 Å². The molecule has 0 unspecified atom stereocenters. The predicted octanol–water partition coefficient (Wildman–Crippen LogP) is 4.77. The minimum atomic E-state index is -0.277. The molecule has 0 spiro atoms. The molecular formula is C22H17NO3S. The molecule has 27 heavy (non-hydrogen) atoms. The number of ketones is 2. The third kappa shape index (κ3) is 5.59. The number of phenols is 1. The molecule has 0 amide bonds. The Morgan fingerprint density at radius 1 is 0.926 bits per heavy atom. The summed E-state index contributed by atoms with van der Waals surface area (Å²) in [6, 6.07) is 16.3. The van der Waals surface area contributed by atoms with Gasteiger partial charge in [-0.3, -0.25) is 9.59 Å². The predicted molar refractivity (Wildman–Crippen MR) is 108 cm³/mol. The SMILES string of the molecule is O=C(/C=C/c1ccc(O)cc1)CC(=O)/C=C/c1csc(-c2ccccc2)n1. The molecule has 0 radical (unpaired) electrons. The van der Waals surface area contributed by atoms with Gasteiger partial charge >= 0.3 is 0 Å². The molecule has 1 aromatic heterocycles. The van der Waals surface area contributed by atoms with Crippen LogP contribution < -0.4 is 0 Å². The van der Waals surface area contributed by atoms with Crippen LogP contribution in [0.4, 0.5) is 0 Å². The summed E-state index contributed by atoms with van der Waals surface area (Å²) in [6.45, 7) is 0. The van der Waals surface area contributed by atoms with Crippen LogP contribution in [0.1, 0.15) is 17.7 Å². The molecule has 0 fully saturated rings. The van der Waals surface area contributed by atoms with E-state index >= 15 is 0 Å². The number of nitrogens with zero attached hydrogens (tertiary/aromatic N) is 1. The molecule has 134 valence electrons. The quantitative estimate of drug-likeness (QED) is 0.477. The van der Waals surface area contributed by atoms with Crippen LogP contribution in [-0.2, 0) is 9.59 Å². The number of phenolic OH excluding ortho intramolecular Hbond substituents is 1. The minimum absolute atomic E-state index is 0.163. The molecule has 1 N–H and O–H groups in total. The molecule has 0 atom stereocenters. The fraction of sp³-hybridized carbons (Fsp3) is 0.0455. The van der Waals surface area contributed by atoms with Gasteiger partial charge in [-0.2, -0.15) is 0 Å². The van der Waals surface area contributed by atoms with Gasteiger partial charge in [-0.25, -0.2) is 4.98 Å². The highest BCUT2D eigenvalue weighted by Gasteiger charge is 2.05. The first kappa shape index (κ1) is 18.5. The number of aromatic nitrogens is 1. The summed E-state index contributed by atoms with van der Waals surface area (Å²) >= 11 is 1.51. The van der Waals surface area contributed by atoms with E-state index in [0.29, 0.717) is 5.69 Å². The highest BCUT2D eigenvalue weighted by Crippen LogP contribution is 2.23. The van der Waals surface area contributed by atoms with Gasteiger partial charge in [0.15, 0.2) is 11.6 Å². The summed E-state index contributed by atoms with van der Waals surface area (Å²) in [5.74, 6) is -0.387. The van der Waals surface area contributed by atoms with Crippen molar-refractivity contribution in [1.82, 2.24) is 4.98 Å². The standard InChI is InChI=1S/C22H17NO3S/c24-19-10-6-16(7-11-19)8-12-20(25)14-21(26)13-9-18-15-27-22(23-18)17-4-2-1-3-5-17/h1-13,15,24H,14H2/b12-8+,13-9+. The van der Waals surface area contributed by atoms with Crippen LogP contribution in [0.25, 0.3) is 22.7 Å². The average molecular weight is 375 g/mol. The monoisotopic (exact) mass is 375 g/mol. The van der Waals surface area contributed by atoms with E-state index in [1.165, 1.54) is 35.6 Å². The maximum Gasteiger partial charge on any atom is 0.163 e. The van der Waals surface area contributed by atoms with E-state index in [4.69, 9.17) is 0 Å². The van der Waals surface area contributed by atoms with Gasteiger partial charge in [0.1, 0.15) is 10.8 Å². The molecule has 1 heterocycles. The Bertz CT molecular complexity index is 986. The lowest BCUT2D eigenvalue weighted by Crippen LogP contribution is -2.01. The number of hydrogen-bond acceptors (Lipinski definition) is 5.